The van der Waals surface area contributed by atoms with E-state index in [9.17, 15) is 4.79 Å². The van der Waals surface area contributed by atoms with E-state index in [0.29, 0.717) is 12.6 Å². The number of para-hydroxylation sites is 1. The zero-order chi connectivity index (χ0) is 15.7. The molecule has 0 radical (unpaired) electrons. The maximum absolute atomic E-state index is 12.9. The van der Waals surface area contributed by atoms with Crippen LogP contribution in [0.4, 0.5) is 5.69 Å². The number of nitrogens with zero attached hydrogens (tertiary/aromatic N) is 2. The second-order valence-electron chi connectivity index (χ2n) is 6.84. The zero-order valence-corrected chi connectivity index (χ0v) is 13.7. The number of likely N-dealkylation sites (tertiary alicyclic amines) is 1. The van der Waals surface area contributed by atoms with E-state index in [2.05, 4.69) is 36.9 Å². The highest BCUT2D eigenvalue weighted by Crippen LogP contribution is 2.32. The Morgan fingerprint density at radius 2 is 2.14 bits per heavy atom. The lowest BCUT2D eigenvalue weighted by Crippen LogP contribution is -2.53. The van der Waals surface area contributed by atoms with Crippen LogP contribution in [0.2, 0.25) is 0 Å². The van der Waals surface area contributed by atoms with Crippen LogP contribution in [0.25, 0.3) is 0 Å². The first-order valence-corrected chi connectivity index (χ1v) is 8.47. The second kappa shape index (κ2) is 6.39. The molecular formula is C18H27N3O. The summed E-state index contributed by atoms with van der Waals surface area (Å²) in [5.41, 5.74) is 8.50. The minimum Gasteiger partial charge on any atom is -0.327 e. The third kappa shape index (κ3) is 2.90. The number of rotatable bonds is 3. The van der Waals surface area contributed by atoms with Crippen LogP contribution < -0.4 is 10.6 Å². The van der Waals surface area contributed by atoms with Crippen molar-refractivity contribution >= 4 is 11.6 Å². The lowest BCUT2D eigenvalue weighted by Gasteiger charge is -2.38. The molecule has 3 rings (SSSR count). The highest BCUT2D eigenvalue weighted by molar-refractivity contribution is 5.97. The van der Waals surface area contributed by atoms with Gasteiger partial charge in [-0.25, -0.2) is 0 Å². The second-order valence-corrected chi connectivity index (χ2v) is 6.84. The molecule has 0 aromatic heterocycles. The third-order valence-corrected chi connectivity index (χ3v) is 5.09. The van der Waals surface area contributed by atoms with Gasteiger partial charge in [0.25, 0.3) is 0 Å². The summed E-state index contributed by atoms with van der Waals surface area (Å²) >= 11 is 0. The molecule has 2 heterocycles. The number of anilines is 1. The quantitative estimate of drug-likeness (QED) is 0.931. The predicted octanol–water partition coefficient (Wildman–Crippen LogP) is 2.17. The van der Waals surface area contributed by atoms with E-state index in [0.717, 1.165) is 25.1 Å². The van der Waals surface area contributed by atoms with E-state index >= 15 is 0 Å². The molecule has 3 atom stereocenters. The number of nitrogens with two attached hydrogens (primary N) is 1. The number of hydrogen-bond donors (Lipinski definition) is 1. The molecule has 2 N–H and O–H groups in total. The molecule has 4 nitrogen and oxygen atoms in total. The van der Waals surface area contributed by atoms with Crippen LogP contribution >= 0.6 is 0 Å². The van der Waals surface area contributed by atoms with Crippen molar-refractivity contribution in [1.29, 1.82) is 0 Å². The van der Waals surface area contributed by atoms with Gasteiger partial charge < -0.3 is 10.6 Å². The number of carbonyl (C=O) groups excluding carboxylic acids is 1. The Bertz CT molecular complexity index is 543. The lowest BCUT2D eigenvalue weighted by molar-refractivity contribution is -0.121. The van der Waals surface area contributed by atoms with Gasteiger partial charge in [0.2, 0.25) is 5.91 Å². The summed E-state index contributed by atoms with van der Waals surface area (Å²) < 4.78 is 0. The van der Waals surface area contributed by atoms with E-state index in [-0.39, 0.29) is 18.0 Å². The molecular weight excluding hydrogens is 274 g/mol. The fourth-order valence-electron chi connectivity index (χ4n) is 4.00. The predicted molar refractivity (Wildman–Crippen MR) is 90.0 cm³/mol. The molecule has 120 valence electrons. The fraction of sp³-hybridized carbons (Fsp3) is 0.611. The van der Waals surface area contributed by atoms with Crippen LogP contribution in [-0.4, -0.2) is 42.0 Å². The first kappa shape index (κ1) is 15.5. The summed E-state index contributed by atoms with van der Waals surface area (Å²) in [5.74, 6) is 0.213. The highest BCUT2D eigenvalue weighted by atomic mass is 16.2. The molecule has 0 aliphatic carbocycles. The normalized spacial score (nSPS) is 26.8. The minimum absolute atomic E-state index is 0.122. The van der Waals surface area contributed by atoms with E-state index in [1.807, 2.05) is 11.0 Å². The number of fused-ring (bicyclic) bond motifs is 1. The molecule has 0 spiro atoms. The Balaban J connectivity index is 1.74. The molecule has 1 fully saturated rings. The molecule has 0 bridgehead atoms. The van der Waals surface area contributed by atoms with Gasteiger partial charge >= 0.3 is 0 Å². The SMILES string of the molecule is CC(N)C1CCCCN1CC(=O)N1c2ccccc2CC1C. The Morgan fingerprint density at radius 3 is 2.91 bits per heavy atom. The van der Waals surface area contributed by atoms with Gasteiger partial charge in [-0.05, 0) is 51.3 Å². The number of carbonyl (C=O) groups is 1. The fourth-order valence-corrected chi connectivity index (χ4v) is 4.00. The number of hydrogen-bond acceptors (Lipinski definition) is 3. The Kier molecular flexibility index (Phi) is 4.50. The van der Waals surface area contributed by atoms with E-state index in [1.165, 1.54) is 18.4 Å². The van der Waals surface area contributed by atoms with Crippen molar-refractivity contribution in [2.45, 2.75) is 57.7 Å². The monoisotopic (exact) mass is 301 g/mol. The summed E-state index contributed by atoms with van der Waals surface area (Å²) in [6, 6.07) is 8.98. The van der Waals surface area contributed by atoms with Gasteiger partial charge in [0.15, 0.2) is 0 Å². The van der Waals surface area contributed by atoms with Gasteiger partial charge in [-0.3, -0.25) is 9.69 Å². The maximum Gasteiger partial charge on any atom is 0.241 e. The first-order chi connectivity index (χ1) is 10.6. The van der Waals surface area contributed by atoms with Crippen LogP contribution in [0.15, 0.2) is 24.3 Å². The van der Waals surface area contributed by atoms with E-state index < -0.39 is 0 Å². The van der Waals surface area contributed by atoms with Crippen LogP contribution in [0.3, 0.4) is 0 Å². The molecule has 1 saturated heterocycles. The molecule has 1 aromatic rings. The van der Waals surface area contributed by atoms with Gasteiger partial charge in [-0.15, -0.1) is 0 Å². The van der Waals surface area contributed by atoms with Gasteiger partial charge in [-0.2, -0.15) is 0 Å². The van der Waals surface area contributed by atoms with Crippen molar-refractivity contribution in [2.75, 3.05) is 18.0 Å². The van der Waals surface area contributed by atoms with Crippen LogP contribution in [0.1, 0.15) is 38.7 Å². The van der Waals surface area contributed by atoms with Crippen LogP contribution in [0.5, 0.6) is 0 Å². The Morgan fingerprint density at radius 1 is 1.36 bits per heavy atom. The molecule has 22 heavy (non-hydrogen) atoms. The standard InChI is InChI=1S/C18H27N3O/c1-13-11-15-7-3-4-9-17(15)21(13)18(22)12-20-10-6-5-8-16(20)14(2)19/h3-4,7,9,13-14,16H,5-6,8,10-12,19H2,1-2H3. The summed E-state index contributed by atoms with van der Waals surface area (Å²) in [6.45, 7) is 5.67. The molecule has 0 saturated carbocycles. The summed E-state index contributed by atoms with van der Waals surface area (Å²) in [7, 11) is 0. The maximum atomic E-state index is 12.9. The largest absolute Gasteiger partial charge is 0.327 e. The van der Waals surface area contributed by atoms with E-state index in [4.69, 9.17) is 5.73 Å². The number of amides is 1. The summed E-state index contributed by atoms with van der Waals surface area (Å²) in [6.07, 6.45) is 4.46. The van der Waals surface area contributed by atoms with Gasteiger partial charge in [0.05, 0.1) is 6.54 Å². The molecule has 2 aliphatic heterocycles. The Labute approximate surface area is 133 Å². The van der Waals surface area contributed by atoms with Crippen molar-refractivity contribution in [3.05, 3.63) is 29.8 Å². The average molecular weight is 301 g/mol. The Hall–Kier alpha value is -1.39. The molecule has 3 unspecified atom stereocenters. The highest BCUT2D eigenvalue weighted by Gasteiger charge is 2.33. The van der Waals surface area contributed by atoms with Crippen LogP contribution in [-0.2, 0) is 11.2 Å². The van der Waals surface area contributed by atoms with E-state index in [1.54, 1.807) is 0 Å². The topological polar surface area (TPSA) is 49.6 Å². The minimum atomic E-state index is 0.122. The van der Waals surface area contributed by atoms with Crippen molar-refractivity contribution in [2.24, 2.45) is 5.73 Å². The van der Waals surface area contributed by atoms with Gasteiger partial charge in [0.1, 0.15) is 0 Å². The molecule has 4 heteroatoms. The summed E-state index contributed by atoms with van der Waals surface area (Å²) in [4.78, 5) is 17.2. The van der Waals surface area contributed by atoms with Crippen molar-refractivity contribution in [3.63, 3.8) is 0 Å². The average Bonchev–Trinajstić information content (AvgIpc) is 2.83. The third-order valence-electron chi connectivity index (χ3n) is 5.09. The molecule has 1 aromatic carbocycles. The van der Waals surface area contributed by atoms with Gasteiger partial charge in [0, 0.05) is 23.8 Å². The van der Waals surface area contributed by atoms with Crippen molar-refractivity contribution in [1.82, 2.24) is 4.90 Å². The molecule has 1 amide bonds. The van der Waals surface area contributed by atoms with Crippen molar-refractivity contribution < 1.29 is 4.79 Å². The smallest absolute Gasteiger partial charge is 0.241 e. The first-order valence-electron chi connectivity index (χ1n) is 8.47. The van der Waals surface area contributed by atoms with Crippen LogP contribution in [0, 0.1) is 0 Å². The van der Waals surface area contributed by atoms with Gasteiger partial charge in [-0.1, -0.05) is 24.6 Å². The number of benzene rings is 1. The summed E-state index contributed by atoms with van der Waals surface area (Å²) in [5, 5.41) is 0. The lowest BCUT2D eigenvalue weighted by atomic mass is 9.97. The number of piperidine rings is 1. The molecule has 2 aliphatic rings. The zero-order valence-electron chi connectivity index (χ0n) is 13.7. The van der Waals surface area contributed by atoms with Crippen molar-refractivity contribution in [3.8, 4) is 0 Å².